The molecule has 0 bridgehead atoms. The van der Waals surface area contributed by atoms with Gasteiger partial charge in [-0.05, 0) is 73.5 Å². The molecule has 0 aliphatic carbocycles. The monoisotopic (exact) mass is 549 g/mol. The van der Waals surface area contributed by atoms with Crippen LogP contribution in [0.1, 0.15) is 11.1 Å². The van der Waals surface area contributed by atoms with E-state index >= 15 is 0 Å². The number of rotatable bonds is 6. The van der Waals surface area contributed by atoms with Crippen molar-refractivity contribution in [1.29, 1.82) is 0 Å². The fraction of sp³-hybridized carbons (Fsp3) is 0.208. The zero-order valence-electron chi connectivity index (χ0n) is 19.6. The van der Waals surface area contributed by atoms with Crippen LogP contribution in [0.4, 0.5) is 17.1 Å². The van der Waals surface area contributed by atoms with E-state index in [2.05, 4.69) is 10.0 Å². The lowest BCUT2D eigenvalue weighted by Gasteiger charge is -2.34. The Balaban J connectivity index is 1.50. The van der Waals surface area contributed by atoms with Crippen LogP contribution in [0.3, 0.4) is 0 Å². The number of halogens is 1. The number of fused-ring (bicyclic) bond motifs is 1. The van der Waals surface area contributed by atoms with Crippen LogP contribution in [-0.4, -0.2) is 41.6 Å². The Bertz CT molecular complexity index is 1540. The van der Waals surface area contributed by atoms with Crippen molar-refractivity contribution in [3.8, 4) is 5.75 Å². The summed E-state index contributed by atoms with van der Waals surface area (Å²) in [6.07, 6.45) is -0.105. The first-order valence-corrected chi connectivity index (χ1v) is 14.5. The maximum atomic E-state index is 12.9. The fourth-order valence-electron chi connectivity index (χ4n) is 3.66. The number of carbonyl (C=O) groups is 1. The maximum Gasteiger partial charge on any atom is 0.267 e. The van der Waals surface area contributed by atoms with Gasteiger partial charge in [0.1, 0.15) is 5.75 Å². The number of benzene rings is 3. The number of hydrogen-bond donors (Lipinski definition) is 2. The van der Waals surface area contributed by atoms with Gasteiger partial charge < -0.3 is 10.1 Å². The van der Waals surface area contributed by atoms with Crippen molar-refractivity contribution in [3.63, 3.8) is 0 Å². The SMILES string of the molecule is Cc1ccc(C)c(NS(=O)(=O)c2ccc(NC(=O)[C@@H]3CN(S(C)(=O)=O)c4cc(Cl)ccc4O3)cc2)c1. The van der Waals surface area contributed by atoms with Gasteiger partial charge in [-0.1, -0.05) is 23.7 Å². The second-order valence-corrected chi connectivity index (χ2v) is 12.5. The van der Waals surface area contributed by atoms with Gasteiger partial charge in [0.05, 0.1) is 29.1 Å². The lowest BCUT2D eigenvalue weighted by Crippen LogP contribution is -2.48. The normalized spacial score (nSPS) is 15.6. The number of anilines is 3. The molecule has 4 rings (SSSR count). The lowest BCUT2D eigenvalue weighted by molar-refractivity contribution is -0.122. The first kappa shape index (κ1) is 25.8. The van der Waals surface area contributed by atoms with Gasteiger partial charge in [0.2, 0.25) is 10.0 Å². The minimum absolute atomic E-state index is 0.0179. The van der Waals surface area contributed by atoms with E-state index in [9.17, 15) is 21.6 Å². The van der Waals surface area contributed by atoms with Crippen molar-refractivity contribution in [2.75, 3.05) is 27.1 Å². The summed E-state index contributed by atoms with van der Waals surface area (Å²) in [6.45, 7) is 3.43. The molecule has 3 aromatic carbocycles. The van der Waals surface area contributed by atoms with E-state index in [1.165, 1.54) is 42.5 Å². The molecule has 3 aromatic rings. The van der Waals surface area contributed by atoms with Crippen molar-refractivity contribution < 1.29 is 26.4 Å². The Kier molecular flexibility index (Phi) is 6.91. The average molecular weight is 550 g/mol. The highest BCUT2D eigenvalue weighted by Crippen LogP contribution is 2.37. The van der Waals surface area contributed by atoms with E-state index in [4.69, 9.17) is 16.3 Å². The van der Waals surface area contributed by atoms with Gasteiger partial charge in [0, 0.05) is 10.7 Å². The van der Waals surface area contributed by atoms with Crippen molar-refractivity contribution in [3.05, 3.63) is 76.8 Å². The maximum absolute atomic E-state index is 12.9. The van der Waals surface area contributed by atoms with Crippen LogP contribution in [0, 0.1) is 13.8 Å². The largest absolute Gasteiger partial charge is 0.476 e. The average Bonchev–Trinajstić information content (AvgIpc) is 2.80. The summed E-state index contributed by atoms with van der Waals surface area (Å²) in [5.74, 6) is -0.386. The molecule has 0 saturated heterocycles. The second-order valence-electron chi connectivity index (χ2n) is 8.45. The summed E-state index contributed by atoms with van der Waals surface area (Å²) in [7, 11) is -7.56. The Morgan fingerprint density at radius 1 is 1.00 bits per heavy atom. The van der Waals surface area contributed by atoms with Crippen LogP contribution in [-0.2, 0) is 24.8 Å². The molecule has 2 N–H and O–H groups in total. The Morgan fingerprint density at radius 2 is 1.69 bits per heavy atom. The van der Waals surface area contributed by atoms with E-state index < -0.39 is 32.1 Å². The van der Waals surface area contributed by atoms with Gasteiger partial charge in [-0.3, -0.25) is 13.8 Å². The molecular formula is C24H24ClN3O6S2. The van der Waals surface area contributed by atoms with Crippen LogP contribution in [0.15, 0.2) is 65.6 Å². The minimum atomic E-state index is -3.85. The molecule has 1 amide bonds. The van der Waals surface area contributed by atoms with Crippen LogP contribution in [0.5, 0.6) is 5.75 Å². The summed E-state index contributed by atoms with van der Waals surface area (Å²) >= 11 is 6.00. The van der Waals surface area contributed by atoms with Gasteiger partial charge in [-0.25, -0.2) is 16.8 Å². The van der Waals surface area contributed by atoms with Crippen molar-refractivity contribution in [2.24, 2.45) is 0 Å². The molecule has 0 aromatic heterocycles. The quantitative estimate of drug-likeness (QED) is 0.480. The van der Waals surface area contributed by atoms with E-state index in [0.717, 1.165) is 21.7 Å². The van der Waals surface area contributed by atoms with Gasteiger partial charge in [0.15, 0.2) is 6.10 Å². The highest BCUT2D eigenvalue weighted by atomic mass is 35.5. The van der Waals surface area contributed by atoms with Gasteiger partial charge in [0.25, 0.3) is 15.9 Å². The summed E-state index contributed by atoms with van der Waals surface area (Å²) in [6, 6.07) is 15.6. The molecule has 1 atom stereocenters. The Labute approximate surface area is 215 Å². The second kappa shape index (κ2) is 9.64. The number of nitrogens with one attached hydrogen (secondary N) is 2. The van der Waals surface area contributed by atoms with Crippen molar-refractivity contribution in [1.82, 2.24) is 0 Å². The summed E-state index contributed by atoms with van der Waals surface area (Å²) < 4.78 is 59.7. The topological polar surface area (TPSA) is 122 Å². The number of ether oxygens (including phenoxy) is 1. The third-order valence-corrected chi connectivity index (χ3v) is 8.32. The Hall–Kier alpha value is -3.28. The summed E-state index contributed by atoms with van der Waals surface area (Å²) in [4.78, 5) is 12.9. The van der Waals surface area contributed by atoms with E-state index in [1.54, 1.807) is 13.0 Å². The number of hydrogen-bond acceptors (Lipinski definition) is 6. The molecule has 190 valence electrons. The molecule has 1 aliphatic rings. The fourth-order valence-corrected chi connectivity index (χ4v) is 5.86. The molecule has 0 radical (unpaired) electrons. The van der Waals surface area contributed by atoms with Crippen molar-refractivity contribution in [2.45, 2.75) is 24.8 Å². The van der Waals surface area contributed by atoms with Crippen molar-refractivity contribution >= 4 is 54.6 Å². The first-order valence-electron chi connectivity index (χ1n) is 10.8. The predicted molar refractivity (Wildman–Crippen MR) is 140 cm³/mol. The van der Waals surface area contributed by atoms with Crippen LogP contribution in [0.2, 0.25) is 5.02 Å². The molecular weight excluding hydrogens is 526 g/mol. The van der Waals surface area contributed by atoms with Gasteiger partial charge >= 0.3 is 0 Å². The first-order chi connectivity index (χ1) is 16.8. The smallest absolute Gasteiger partial charge is 0.267 e. The molecule has 1 heterocycles. The molecule has 0 fully saturated rings. The number of aryl methyl sites for hydroxylation is 2. The zero-order valence-corrected chi connectivity index (χ0v) is 22.0. The zero-order chi connectivity index (χ0) is 26.3. The van der Waals surface area contributed by atoms with E-state index in [1.807, 2.05) is 19.1 Å². The number of carbonyl (C=O) groups excluding carboxylic acids is 1. The molecule has 0 saturated carbocycles. The number of sulfonamides is 2. The number of amides is 1. The molecule has 0 spiro atoms. The lowest BCUT2D eigenvalue weighted by atomic mass is 10.1. The summed E-state index contributed by atoms with van der Waals surface area (Å²) in [5.41, 5.74) is 2.76. The van der Waals surface area contributed by atoms with Gasteiger partial charge in [-0.15, -0.1) is 0 Å². The molecule has 0 unspecified atom stereocenters. The van der Waals surface area contributed by atoms with Crippen LogP contribution < -0.4 is 19.1 Å². The predicted octanol–water partition coefficient (Wildman–Crippen LogP) is 3.92. The van der Waals surface area contributed by atoms with Crippen LogP contribution in [0.25, 0.3) is 0 Å². The van der Waals surface area contributed by atoms with E-state index in [0.29, 0.717) is 16.4 Å². The molecule has 36 heavy (non-hydrogen) atoms. The molecule has 1 aliphatic heterocycles. The van der Waals surface area contributed by atoms with Crippen LogP contribution >= 0.6 is 11.6 Å². The van der Waals surface area contributed by atoms with Gasteiger partial charge in [-0.2, -0.15) is 0 Å². The molecule has 9 nitrogen and oxygen atoms in total. The van der Waals surface area contributed by atoms with E-state index in [-0.39, 0.29) is 22.9 Å². The Morgan fingerprint density at radius 3 is 2.36 bits per heavy atom. The highest BCUT2D eigenvalue weighted by molar-refractivity contribution is 7.92. The molecule has 12 heteroatoms. The standard InChI is InChI=1S/C24H24ClN3O6S2/c1-15-4-5-16(2)20(12-15)27-36(32,33)19-9-7-18(8-10-19)26-24(29)23-14-28(35(3,30)31)21-13-17(25)6-11-22(21)34-23/h4-13,23,27H,14H2,1-3H3,(H,26,29)/t23-/m0/s1. The highest BCUT2D eigenvalue weighted by Gasteiger charge is 2.35. The minimum Gasteiger partial charge on any atom is -0.476 e. The third-order valence-electron chi connectivity index (χ3n) is 5.55. The number of nitrogens with zero attached hydrogens (tertiary/aromatic N) is 1. The third kappa shape index (κ3) is 5.58. The summed E-state index contributed by atoms with van der Waals surface area (Å²) in [5, 5.41) is 2.97.